The van der Waals surface area contributed by atoms with Crippen molar-refractivity contribution in [2.45, 2.75) is 51.1 Å². The summed E-state index contributed by atoms with van der Waals surface area (Å²) in [5.74, 6) is 1.59. The highest BCUT2D eigenvalue weighted by Crippen LogP contribution is 2.24. The van der Waals surface area contributed by atoms with Crippen molar-refractivity contribution < 1.29 is 9.59 Å². The summed E-state index contributed by atoms with van der Waals surface area (Å²) >= 11 is 1.67. The minimum Gasteiger partial charge on any atom is -0.339 e. The van der Waals surface area contributed by atoms with Crippen LogP contribution < -0.4 is 5.73 Å². The number of piperidine rings is 1. The second-order valence-corrected chi connectivity index (χ2v) is 6.67. The summed E-state index contributed by atoms with van der Waals surface area (Å²) in [4.78, 5) is 28.4. The van der Waals surface area contributed by atoms with Crippen molar-refractivity contribution in [2.75, 3.05) is 24.7 Å². The second-order valence-electron chi connectivity index (χ2n) is 5.67. The van der Waals surface area contributed by atoms with E-state index in [4.69, 9.17) is 5.73 Å². The van der Waals surface area contributed by atoms with Gasteiger partial charge in [-0.05, 0) is 19.3 Å². The van der Waals surface area contributed by atoms with E-state index < -0.39 is 0 Å². The molecular formula is C14H25N3O2S. The van der Waals surface area contributed by atoms with Gasteiger partial charge in [0.2, 0.25) is 11.8 Å². The summed E-state index contributed by atoms with van der Waals surface area (Å²) in [5.41, 5.74) is 5.94. The van der Waals surface area contributed by atoms with Crippen LogP contribution in [-0.2, 0) is 9.59 Å². The Balaban J connectivity index is 1.95. The van der Waals surface area contributed by atoms with E-state index in [9.17, 15) is 9.59 Å². The largest absolute Gasteiger partial charge is 0.339 e. The molecule has 2 amide bonds. The number of carbonyl (C=O) groups is 2. The van der Waals surface area contributed by atoms with Gasteiger partial charge in [0, 0.05) is 31.3 Å². The number of nitrogens with two attached hydrogens (primary N) is 1. The molecule has 5 nitrogen and oxygen atoms in total. The Morgan fingerprint density at radius 2 is 2.20 bits per heavy atom. The van der Waals surface area contributed by atoms with Crippen molar-refractivity contribution in [3.05, 3.63) is 0 Å². The predicted molar refractivity (Wildman–Crippen MR) is 81.3 cm³/mol. The molecule has 0 aromatic rings. The number of rotatable bonds is 4. The zero-order valence-electron chi connectivity index (χ0n) is 12.2. The van der Waals surface area contributed by atoms with E-state index in [1.807, 2.05) is 4.90 Å². The molecule has 2 fully saturated rings. The minimum absolute atomic E-state index is 0.0889. The van der Waals surface area contributed by atoms with Gasteiger partial charge in [0.25, 0.3) is 0 Å². The van der Waals surface area contributed by atoms with Crippen molar-refractivity contribution in [3.8, 4) is 0 Å². The maximum atomic E-state index is 12.6. The van der Waals surface area contributed by atoms with Gasteiger partial charge in [0.1, 0.15) is 6.04 Å². The molecule has 2 N–H and O–H groups in total. The lowest BCUT2D eigenvalue weighted by atomic mass is 10.1. The smallest absolute Gasteiger partial charge is 0.246 e. The number of thioether (sulfide) groups is 1. The number of nitrogens with zero attached hydrogens (tertiary/aromatic N) is 2. The number of likely N-dealkylation sites (tertiary alicyclic amines) is 1. The summed E-state index contributed by atoms with van der Waals surface area (Å²) in [5, 5.41) is 0. The number of amides is 2. The van der Waals surface area contributed by atoms with Crippen LogP contribution in [0, 0.1) is 0 Å². The van der Waals surface area contributed by atoms with Crippen LogP contribution in [0.1, 0.15) is 39.0 Å². The van der Waals surface area contributed by atoms with Crippen molar-refractivity contribution in [1.29, 1.82) is 0 Å². The first kappa shape index (κ1) is 15.6. The molecule has 0 aromatic carbocycles. The van der Waals surface area contributed by atoms with Crippen molar-refractivity contribution >= 4 is 23.6 Å². The highest BCUT2D eigenvalue weighted by molar-refractivity contribution is 7.99. The molecule has 0 aromatic heterocycles. The third-order valence-corrected chi connectivity index (χ3v) is 5.01. The first-order valence-electron chi connectivity index (χ1n) is 7.55. The van der Waals surface area contributed by atoms with Gasteiger partial charge in [-0.3, -0.25) is 9.59 Å². The van der Waals surface area contributed by atoms with E-state index in [2.05, 4.69) is 6.92 Å². The Morgan fingerprint density at radius 1 is 1.40 bits per heavy atom. The van der Waals surface area contributed by atoms with Gasteiger partial charge < -0.3 is 15.5 Å². The molecule has 0 radical (unpaired) electrons. The molecule has 2 atom stereocenters. The van der Waals surface area contributed by atoms with Gasteiger partial charge in [-0.2, -0.15) is 0 Å². The summed E-state index contributed by atoms with van der Waals surface area (Å²) in [6.45, 7) is 3.49. The van der Waals surface area contributed by atoms with E-state index >= 15 is 0 Å². The zero-order valence-corrected chi connectivity index (χ0v) is 13.0. The molecule has 2 aliphatic heterocycles. The van der Waals surface area contributed by atoms with Gasteiger partial charge in [-0.25, -0.2) is 0 Å². The summed E-state index contributed by atoms with van der Waals surface area (Å²) < 4.78 is 0. The fourth-order valence-corrected chi connectivity index (χ4v) is 3.96. The number of unbranched alkanes of at least 4 members (excludes halogenated alkanes) is 1. The topological polar surface area (TPSA) is 66.6 Å². The Bertz CT molecular complexity index is 364. The summed E-state index contributed by atoms with van der Waals surface area (Å²) in [7, 11) is 0. The number of hydrogen-bond donors (Lipinski definition) is 1. The molecule has 2 heterocycles. The molecule has 0 aliphatic carbocycles. The second kappa shape index (κ2) is 7.31. The molecule has 0 saturated carbocycles. The summed E-state index contributed by atoms with van der Waals surface area (Å²) in [6.07, 6.45) is 4.42. The van der Waals surface area contributed by atoms with Crippen LogP contribution in [0.15, 0.2) is 0 Å². The molecule has 0 spiro atoms. The van der Waals surface area contributed by atoms with Crippen LogP contribution in [0.3, 0.4) is 0 Å². The van der Waals surface area contributed by atoms with E-state index in [1.165, 1.54) is 0 Å². The van der Waals surface area contributed by atoms with Crippen LogP contribution in [0.4, 0.5) is 0 Å². The molecule has 20 heavy (non-hydrogen) atoms. The first-order chi connectivity index (χ1) is 9.63. The van der Waals surface area contributed by atoms with E-state index in [0.717, 1.165) is 38.0 Å². The highest BCUT2D eigenvalue weighted by Gasteiger charge is 2.37. The van der Waals surface area contributed by atoms with Crippen LogP contribution in [0.2, 0.25) is 0 Å². The Morgan fingerprint density at radius 3 is 2.90 bits per heavy atom. The lowest BCUT2D eigenvalue weighted by Gasteiger charge is -2.34. The van der Waals surface area contributed by atoms with Crippen molar-refractivity contribution in [1.82, 2.24) is 9.80 Å². The fourth-order valence-electron chi connectivity index (χ4n) is 2.79. The number of carbonyl (C=O) groups excluding carboxylic acids is 2. The van der Waals surface area contributed by atoms with Gasteiger partial charge in [0.15, 0.2) is 0 Å². The van der Waals surface area contributed by atoms with E-state index in [-0.39, 0.29) is 23.9 Å². The Labute approximate surface area is 125 Å². The predicted octanol–water partition coefficient (Wildman–Crippen LogP) is 1.03. The average Bonchev–Trinajstić information content (AvgIpc) is 2.93. The van der Waals surface area contributed by atoms with Gasteiger partial charge in [-0.15, -0.1) is 11.8 Å². The van der Waals surface area contributed by atoms with Gasteiger partial charge in [0.05, 0.1) is 5.88 Å². The molecule has 2 rings (SSSR count). The third-order valence-electron chi connectivity index (χ3n) is 4.00. The van der Waals surface area contributed by atoms with Crippen LogP contribution >= 0.6 is 11.8 Å². The standard InChI is InChI=1S/C14H25N3O2S/c1-2-3-6-13(18)17-10-20-9-12(17)14(19)16-7-4-5-11(15)8-16/h11-12H,2-10,15H2,1H3. The normalized spacial score (nSPS) is 26.9. The Kier molecular flexibility index (Phi) is 5.72. The SMILES string of the molecule is CCCCC(=O)N1CSCC1C(=O)N1CCCC(N)C1. The van der Waals surface area contributed by atoms with E-state index in [1.54, 1.807) is 16.7 Å². The molecule has 6 heteroatoms. The molecule has 2 aliphatic rings. The number of hydrogen-bond acceptors (Lipinski definition) is 4. The highest BCUT2D eigenvalue weighted by atomic mass is 32.2. The molecule has 2 unspecified atom stereocenters. The summed E-state index contributed by atoms with van der Waals surface area (Å²) in [6, 6.07) is -0.180. The van der Waals surface area contributed by atoms with Crippen molar-refractivity contribution in [2.24, 2.45) is 5.73 Å². The van der Waals surface area contributed by atoms with Crippen LogP contribution in [0.5, 0.6) is 0 Å². The van der Waals surface area contributed by atoms with Gasteiger partial charge in [-0.1, -0.05) is 13.3 Å². The average molecular weight is 299 g/mol. The molecular weight excluding hydrogens is 274 g/mol. The molecule has 0 bridgehead atoms. The maximum absolute atomic E-state index is 12.6. The van der Waals surface area contributed by atoms with Crippen molar-refractivity contribution in [3.63, 3.8) is 0 Å². The lowest BCUT2D eigenvalue weighted by Crippen LogP contribution is -2.53. The maximum Gasteiger partial charge on any atom is 0.246 e. The zero-order chi connectivity index (χ0) is 14.5. The lowest BCUT2D eigenvalue weighted by molar-refractivity contribution is -0.144. The van der Waals surface area contributed by atoms with Gasteiger partial charge >= 0.3 is 0 Å². The third kappa shape index (κ3) is 3.67. The monoisotopic (exact) mass is 299 g/mol. The van der Waals surface area contributed by atoms with Crippen LogP contribution in [0.25, 0.3) is 0 Å². The molecule has 2 saturated heterocycles. The Hall–Kier alpha value is -0.750. The molecule has 114 valence electrons. The fraction of sp³-hybridized carbons (Fsp3) is 0.857. The van der Waals surface area contributed by atoms with E-state index in [0.29, 0.717) is 18.8 Å². The quantitative estimate of drug-likeness (QED) is 0.842. The van der Waals surface area contributed by atoms with Crippen LogP contribution in [-0.4, -0.2) is 58.4 Å². The minimum atomic E-state index is -0.269. The first-order valence-corrected chi connectivity index (χ1v) is 8.70.